The van der Waals surface area contributed by atoms with E-state index >= 15 is 0 Å². The Labute approximate surface area is 508 Å². The minimum atomic E-state index is -1.65. The lowest BCUT2D eigenvalue weighted by molar-refractivity contribution is -0.149. The van der Waals surface area contributed by atoms with E-state index in [2.05, 4.69) is 31.6 Å². The van der Waals surface area contributed by atoms with Crippen LogP contribution in [0.15, 0.2) is 65.7 Å². The SMILES string of the molecule is CC[C@H](C)C1NC(=O)[C@H](C)N(C)C(=O)[C@H]([C@@H](C)O)NC(=O)[C@H](C(C)I)N(C)C(=O)C(CC(C)C)NC(=O)[C@H](CC(C)C)N(C)C(=O)C(C)N(C)C(=O)[C@H](C)NC(=O)[C@H](Cc2ccccc2)NC(=O)/C=N\C(=O)[C@H](Cc2ccccc2)N(C)C1=O. The van der Waals surface area contributed by atoms with Crippen molar-refractivity contribution >= 4 is 93.8 Å². The monoisotopic (exact) mass is 1280 g/mol. The van der Waals surface area contributed by atoms with E-state index < -0.39 is 141 Å². The van der Waals surface area contributed by atoms with Crippen molar-refractivity contribution in [3.8, 4) is 0 Å². The lowest BCUT2D eigenvalue weighted by Gasteiger charge is -2.37. The largest absolute Gasteiger partial charge is 0.391 e. The van der Waals surface area contributed by atoms with E-state index in [1.165, 1.54) is 67.8 Å². The first-order valence-corrected chi connectivity index (χ1v) is 29.8. The molecule has 13 atom stereocenters. The molecule has 0 saturated heterocycles. The molecule has 1 heterocycles. The molecule has 23 nitrogen and oxygen atoms in total. The van der Waals surface area contributed by atoms with Crippen molar-refractivity contribution in [1.82, 2.24) is 51.1 Å². The van der Waals surface area contributed by atoms with Crippen molar-refractivity contribution < 1.29 is 57.8 Å². The lowest BCUT2D eigenvalue weighted by atomic mass is 9.95. The summed E-state index contributed by atoms with van der Waals surface area (Å²) >= 11 is 1.96. The van der Waals surface area contributed by atoms with Crippen LogP contribution in [-0.4, -0.2) is 206 Å². The fraction of sp³-hybridized carbons (Fsp3) is 0.600. The normalized spacial score (nSPS) is 27.0. The van der Waals surface area contributed by atoms with Gasteiger partial charge in [0.05, 0.1) is 12.3 Å². The number of aliphatic hydroxyl groups excluding tert-OH is 1. The van der Waals surface area contributed by atoms with Crippen molar-refractivity contribution in [3.63, 3.8) is 0 Å². The molecule has 6 N–H and O–H groups in total. The van der Waals surface area contributed by atoms with Gasteiger partial charge in [-0.3, -0.25) is 52.7 Å². The standard InChI is InChI=1S/C60H90IN11O12/c1-17-35(6)48-59(83)71(15)46(31-42-26-22-19-23-27-42)53(77)62-32-47(74)64-43(30-41-24-20-18-21-25-41)52(76)63-37(8)56(80)69(13)39(10)57(81)70(14)45(29-34(4)5)54(78)65-44(28-33(2)3)58(82)72(16)50(36(7)61)55(79)67-49(40(11)73)60(84)68(12)38(9)51(75)66-48/h18-27,32-40,43-46,48-50,73H,17,28-31H2,1-16H3,(H,63,76)(H,64,74)(H,65,78)(H,66,75)(H,67,79)/b62-32-/t35-,36?,37-,38-,39?,40+,43-,44?,45-,46-,48?,49-,50-/m0/s1. The first-order valence-electron chi connectivity index (χ1n) is 28.6. The minimum Gasteiger partial charge on any atom is -0.391 e. The van der Waals surface area contributed by atoms with Crippen LogP contribution in [0.5, 0.6) is 0 Å². The molecular formula is C60H90IN11O12. The van der Waals surface area contributed by atoms with E-state index in [9.17, 15) is 57.8 Å². The van der Waals surface area contributed by atoms with E-state index in [1.54, 1.807) is 81.4 Å². The molecule has 1 aliphatic heterocycles. The number of carbonyl (C=O) groups is 11. The highest BCUT2D eigenvalue weighted by molar-refractivity contribution is 14.1. The van der Waals surface area contributed by atoms with Crippen LogP contribution in [0.1, 0.15) is 107 Å². The van der Waals surface area contributed by atoms with Crippen LogP contribution in [-0.2, 0) is 65.6 Å². The summed E-state index contributed by atoms with van der Waals surface area (Å²) in [5.41, 5.74) is 1.26. The van der Waals surface area contributed by atoms with Gasteiger partial charge in [0.1, 0.15) is 60.4 Å². The molecule has 2 aromatic carbocycles. The van der Waals surface area contributed by atoms with Gasteiger partial charge < -0.3 is 56.2 Å². The van der Waals surface area contributed by atoms with Gasteiger partial charge in [0.15, 0.2) is 0 Å². The van der Waals surface area contributed by atoms with Crippen LogP contribution in [0.25, 0.3) is 0 Å². The predicted molar refractivity (Wildman–Crippen MR) is 327 cm³/mol. The van der Waals surface area contributed by atoms with Crippen LogP contribution in [0.2, 0.25) is 0 Å². The number of nitrogens with one attached hydrogen (secondary N) is 5. The zero-order valence-corrected chi connectivity index (χ0v) is 53.7. The maximum Gasteiger partial charge on any atom is 0.268 e. The topological polar surface area (TPSA) is 297 Å². The van der Waals surface area contributed by atoms with Gasteiger partial charge in [0, 0.05) is 52.0 Å². The molecule has 0 fully saturated rings. The van der Waals surface area contributed by atoms with Crippen LogP contribution >= 0.6 is 22.6 Å². The Kier molecular flexibility index (Phi) is 28.1. The molecule has 4 unspecified atom stereocenters. The molecule has 3 rings (SSSR count). The number of benzene rings is 2. The summed E-state index contributed by atoms with van der Waals surface area (Å²) < 4.78 is -0.626. The predicted octanol–water partition coefficient (Wildman–Crippen LogP) is 2.04. The van der Waals surface area contributed by atoms with Crippen molar-refractivity contribution in [2.75, 3.05) is 35.2 Å². The fourth-order valence-corrected chi connectivity index (χ4v) is 10.5. The molecular weight excluding hydrogens is 1190 g/mol. The number of hydrogen-bond donors (Lipinski definition) is 6. The van der Waals surface area contributed by atoms with Gasteiger partial charge in [-0.15, -0.1) is 0 Å². The van der Waals surface area contributed by atoms with Gasteiger partial charge in [-0.25, -0.2) is 4.99 Å². The number of aliphatic imine (C=N–C) groups is 1. The molecule has 24 heteroatoms. The average molecular weight is 1280 g/mol. The van der Waals surface area contributed by atoms with Gasteiger partial charge in [-0.05, 0) is 69.4 Å². The number of alkyl halides is 1. The highest BCUT2D eigenvalue weighted by atomic mass is 127. The number of nitrogens with zero attached hydrogens (tertiary/aromatic N) is 6. The molecule has 0 radical (unpaired) electrons. The Morgan fingerprint density at radius 2 is 1.01 bits per heavy atom. The molecule has 0 saturated carbocycles. The Bertz CT molecular complexity index is 2660. The first-order chi connectivity index (χ1) is 39.2. The van der Waals surface area contributed by atoms with Gasteiger partial charge >= 0.3 is 0 Å². The van der Waals surface area contributed by atoms with Crippen molar-refractivity contribution in [3.05, 3.63) is 71.8 Å². The third-order valence-electron chi connectivity index (χ3n) is 15.3. The second-order valence-corrected chi connectivity index (χ2v) is 24.9. The van der Waals surface area contributed by atoms with Crippen molar-refractivity contribution in [2.24, 2.45) is 22.7 Å². The summed E-state index contributed by atoms with van der Waals surface area (Å²) in [5, 5.41) is 24.5. The molecule has 0 bridgehead atoms. The van der Waals surface area contributed by atoms with E-state index in [0.29, 0.717) is 23.8 Å². The third kappa shape index (κ3) is 19.9. The maximum absolute atomic E-state index is 14.7. The summed E-state index contributed by atoms with van der Waals surface area (Å²) in [6.07, 6.45) is -0.360. The summed E-state index contributed by atoms with van der Waals surface area (Å²) in [4.78, 5) is 167. The zero-order chi connectivity index (χ0) is 63.6. The highest BCUT2D eigenvalue weighted by Crippen LogP contribution is 2.21. The quantitative estimate of drug-likeness (QED) is 0.132. The lowest BCUT2D eigenvalue weighted by Crippen LogP contribution is -2.63. The third-order valence-corrected chi connectivity index (χ3v) is 16.0. The number of aliphatic hydroxyl groups is 1. The number of hydrogen-bond acceptors (Lipinski definition) is 12. The summed E-state index contributed by atoms with van der Waals surface area (Å²) in [7, 11) is 6.81. The van der Waals surface area contributed by atoms with Gasteiger partial charge in [-0.1, -0.05) is 138 Å². The van der Waals surface area contributed by atoms with E-state index in [-0.39, 0.29) is 37.5 Å². The number of carbonyl (C=O) groups excluding carboxylic acids is 11. The van der Waals surface area contributed by atoms with Crippen LogP contribution < -0.4 is 26.6 Å². The molecule has 2 aromatic rings. The zero-order valence-electron chi connectivity index (χ0n) is 51.5. The van der Waals surface area contributed by atoms with Crippen molar-refractivity contribution in [1.29, 1.82) is 0 Å². The Morgan fingerprint density at radius 1 is 0.512 bits per heavy atom. The van der Waals surface area contributed by atoms with Crippen LogP contribution in [0.3, 0.4) is 0 Å². The Hall–Kier alpha value is -6.83. The average Bonchev–Trinajstić information content (AvgIpc) is 2.92. The summed E-state index contributed by atoms with van der Waals surface area (Å²) in [6.45, 7) is 18.1. The number of likely N-dealkylation sites (N-methyl/N-ethyl adjacent to an activating group) is 5. The van der Waals surface area contributed by atoms with E-state index in [0.717, 1.165) is 19.6 Å². The van der Waals surface area contributed by atoms with Crippen molar-refractivity contribution in [2.45, 2.75) is 179 Å². The highest BCUT2D eigenvalue weighted by Gasteiger charge is 2.42. The van der Waals surface area contributed by atoms with Crippen LogP contribution in [0.4, 0.5) is 0 Å². The van der Waals surface area contributed by atoms with Gasteiger partial charge in [-0.2, -0.15) is 0 Å². The maximum atomic E-state index is 14.7. The van der Waals surface area contributed by atoms with E-state index in [1.807, 2.05) is 50.3 Å². The second kappa shape index (κ2) is 33.0. The summed E-state index contributed by atoms with van der Waals surface area (Å²) in [6, 6.07) is 4.36. The molecule has 0 spiro atoms. The number of rotatable bonds is 12. The van der Waals surface area contributed by atoms with E-state index in [4.69, 9.17) is 0 Å². The first kappa shape index (κ1) is 71.4. The molecule has 464 valence electrons. The molecule has 0 aromatic heterocycles. The van der Waals surface area contributed by atoms with Gasteiger partial charge in [0.25, 0.3) is 11.8 Å². The fourth-order valence-electron chi connectivity index (χ4n) is 9.66. The Balaban J connectivity index is 2.24. The minimum absolute atomic E-state index is 0.0663. The number of amides is 11. The molecule has 0 aliphatic carbocycles. The second-order valence-electron chi connectivity index (χ2n) is 22.9. The smallest absolute Gasteiger partial charge is 0.268 e. The molecule has 1 aliphatic rings. The molecule has 84 heavy (non-hydrogen) atoms. The number of halogens is 1. The summed E-state index contributed by atoms with van der Waals surface area (Å²) in [5.74, 6) is -9.45. The molecule has 11 amide bonds. The van der Waals surface area contributed by atoms with Gasteiger partial charge in [0.2, 0.25) is 53.2 Å². The van der Waals surface area contributed by atoms with Crippen LogP contribution in [0, 0.1) is 17.8 Å². The Morgan fingerprint density at radius 3 is 1.52 bits per heavy atom.